The highest BCUT2D eigenvalue weighted by molar-refractivity contribution is 14.0. The second-order valence-corrected chi connectivity index (χ2v) is 5.72. The van der Waals surface area contributed by atoms with Crippen molar-refractivity contribution in [3.8, 4) is 0 Å². The Morgan fingerprint density at radius 2 is 2.18 bits per heavy atom. The van der Waals surface area contributed by atoms with Crippen molar-refractivity contribution < 1.29 is 0 Å². The number of guanidine groups is 1. The van der Waals surface area contributed by atoms with Crippen LogP contribution in [0.3, 0.4) is 0 Å². The Morgan fingerprint density at radius 1 is 1.45 bits per heavy atom. The summed E-state index contributed by atoms with van der Waals surface area (Å²) in [6, 6.07) is 1.40. The second-order valence-electron chi connectivity index (χ2n) is 5.72. The van der Waals surface area contributed by atoms with Gasteiger partial charge in [0, 0.05) is 39.3 Å². The number of hydrogen-bond acceptors (Lipinski definition) is 4. The van der Waals surface area contributed by atoms with Crippen molar-refractivity contribution in [2.45, 2.75) is 45.3 Å². The molecule has 0 atom stereocenters. The Labute approximate surface area is 150 Å². The van der Waals surface area contributed by atoms with E-state index in [9.17, 15) is 0 Å². The molecule has 1 aliphatic carbocycles. The smallest absolute Gasteiger partial charge is 0.191 e. The molecule has 1 aromatic rings. The molecule has 1 saturated carbocycles. The molecule has 0 radical (unpaired) electrons. The second kappa shape index (κ2) is 9.29. The molecule has 0 unspecified atom stereocenters. The highest BCUT2D eigenvalue weighted by Crippen LogP contribution is 2.27. The first-order valence-corrected chi connectivity index (χ1v) is 7.65. The summed E-state index contributed by atoms with van der Waals surface area (Å²) in [4.78, 5) is 11.0. The quantitative estimate of drug-likeness (QED) is 0.390. The number of nitrogens with zero attached hydrogens (tertiary/aromatic N) is 5. The lowest BCUT2D eigenvalue weighted by Crippen LogP contribution is -2.43. The molecule has 0 aromatic carbocycles. The van der Waals surface area contributed by atoms with Gasteiger partial charge >= 0.3 is 0 Å². The zero-order valence-corrected chi connectivity index (χ0v) is 16.2. The van der Waals surface area contributed by atoms with Gasteiger partial charge < -0.3 is 10.6 Å². The summed E-state index contributed by atoms with van der Waals surface area (Å²) in [5, 5.41) is 10.7. The number of aliphatic imine (C=N–C) groups is 1. The van der Waals surface area contributed by atoms with E-state index in [0.29, 0.717) is 12.6 Å². The van der Waals surface area contributed by atoms with Crippen LogP contribution in [-0.2, 0) is 13.6 Å². The van der Waals surface area contributed by atoms with E-state index in [0.717, 1.165) is 30.9 Å². The molecule has 0 bridgehead atoms. The standard InChI is InChI=1S/C14H27N7.HI/c1-11(2)21(12-5-6-12)8-7-16-14(15-3)17-9-13-18-10-19-20(13)4;/h10-12H,5-9H2,1-4H3,(H2,15,16,17);1H. The molecule has 1 fully saturated rings. The van der Waals surface area contributed by atoms with Crippen molar-refractivity contribution in [2.24, 2.45) is 12.0 Å². The molecule has 2 N–H and O–H groups in total. The average molecular weight is 421 g/mol. The van der Waals surface area contributed by atoms with Crippen molar-refractivity contribution in [1.82, 2.24) is 30.3 Å². The van der Waals surface area contributed by atoms with Gasteiger partial charge in [-0.25, -0.2) is 4.98 Å². The number of hydrogen-bond donors (Lipinski definition) is 2. The summed E-state index contributed by atoms with van der Waals surface area (Å²) >= 11 is 0. The molecule has 7 nitrogen and oxygen atoms in total. The van der Waals surface area contributed by atoms with Crippen LogP contribution in [0.2, 0.25) is 0 Å². The van der Waals surface area contributed by atoms with E-state index in [1.807, 2.05) is 7.05 Å². The maximum absolute atomic E-state index is 4.24. The first kappa shape index (κ1) is 19.1. The zero-order valence-electron chi connectivity index (χ0n) is 13.9. The Bertz CT molecular complexity index is 466. The summed E-state index contributed by atoms with van der Waals surface area (Å²) in [6.07, 6.45) is 4.25. The SMILES string of the molecule is CN=C(NCCN(C(C)C)C1CC1)NCc1ncnn1C.I. The highest BCUT2D eigenvalue weighted by Gasteiger charge is 2.30. The Hall–Kier alpha value is -0.900. The molecule has 0 spiro atoms. The summed E-state index contributed by atoms with van der Waals surface area (Å²) in [6.45, 7) is 7.09. The first-order valence-electron chi connectivity index (χ1n) is 7.65. The monoisotopic (exact) mass is 421 g/mol. The molecule has 1 aliphatic rings. The summed E-state index contributed by atoms with van der Waals surface area (Å²) in [5.74, 6) is 1.69. The third kappa shape index (κ3) is 5.71. The lowest BCUT2D eigenvalue weighted by molar-refractivity contribution is 0.215. The van der Waals surface area contributed by atoms with Crippen molar-refractivity contribution in [3.05, 3.63) is 12.2 Å². The van der Waals surface area contributed by atoms with Crippen LogP contribution in [0.4, 0.5) is 0 Å². The lowest BCUT2D eigenvalue weighted by atomic mass is 10.3. The minimum atomic E-state index is 0. The van der Waals surface area contributed by atoms with Crippen LogP contribution >= 0.6 is 24.0 Å². The number of aromatic nitrogens is 3. The van der Waals surface area contributed by atoms with Gasteiger partial charge in [0.1, 0.15) is 12.2 Å². The van der Waals surface area contributed by atoms with Crippen molar-refractivity contribution in [3.63, 3.8) is 0 Å². The predicted octanol–water partition coefficient (Wildman–Crippen LogP) is 0.971. The summed E-state index contributed by atoms with van der Waals surface area (Å²) < 4.78 is 1.76. The molecular weight excluding hydrogens is 393 g/mol. The van der Waals surface area contributed by atoms with Crippen LogP contribution in [0, 0.1) is 0 Å². The van der Waals surface area contributed by atoms with E-state index in [4.69, 9.17) is 0 Å². The fraction of sp³-hybridized carbons (Fsp3) is 0.786. The van der Waals surface area contributed by atoms with Crippen LogP contribution in [0.5, 0.6) is 0 Å². The van der Waals surface area contributed by atoms with Crippen molar-refractivity contribution in [2.75, 3.05) is 20.1 Å². The molecule has 22 heavy (non-hydrogen) atoms. The largest absolute Gasteiger partial charge is 0.355 e. The van der Waals surface area contributed by atoms with Gasteiger partial charge in [-0.2, -0.15) is 5.10 Å². The third-order valence-electron chi connectivity index (χ3n) is 3.78. The van der Waals surface area contributed by atoms with Crippen molar-refractivity contribution in [1.29, 1.82) is 0 Å². The Kier molecular flexibility index (Phi) is 8.08. The van der Waals surface area contributed by atoms with E-state index in [-0.39, 0.29) is 24.0 Å². The maximum atomic E-state index is 4.24. The zero-order chi connectivity index (χ0) is 15.2. The molecule has 1 aromatic heterocycles. The lowest BCUT2D eigenvalue weighted by Gasteiger charge is -2.26. The third-order valence-corrected chi connectivity index (χ3v) is 3.78. The van der Waals surface area contributed by atoms with Crippen LogP contribution < -0.4 is 10.6 Å². The average Bonchev–Trinajstić information content (AvgIpc) is 3.21. The van der Waals surface area contributed by atoms with Crippen LogP contribution in [0.25, 0.3) is 0 Å². The molecule has 8 heteroatoms. The highest BCUT2D eigenvalue weighted by atomic mass is 127. The molecule has 2 rings (SSSR count). The van der Waals surface area contributed by atoms with Gasteiger partial charge in [0.2, 0.25) is 0 Å². The van der Waals surface area contributed by atoms with Crippen molar-refractivity contribution >= 4 is 29.9 Å². The van der Waals surface area contributed by atoms with Crippen LogP contribution in [0.15, 0.2) is 11.3 Å². The fourth-order valence-corrected chi connectivity index (χ4v) is 2.44. The number of nitrogens with one attached hydrogen (secondary N) is 2. The fourth-order valence-electron chi connectivity index (χ4n) is 2.44. The maximum Gasteiger partial charge on any atom is 0.191 e. The van der Waals surface area contributed by atoms with Gasteiger partial charge in [-0.05, 0) is 26.7 Å². The van der Waals surface area contributed by atoms with E-state index in [2.05, 4.69) is 44.5 Å². The predicted molar refractivity (Wildman–Crippen MR) is 99.5 cm³/mol. The number of halogens is 1. The number of rotatable bonds is 7. The van der Waals surface area contributed by atoms with E-state index in [1.165, 1.54) is 12.8 Å². The number of aryl methyl sites for hydroxylation is 1. The first-order chi connectivity index (χ1) is 10.1. The van der Waals surface area contributed by atoms with Gasteiger partial charge in [-0.3, -0.25) is 14.6 Å². The summed E-state index contributed by atoms with van der Waals surface area (Å²) in [5.41, 5.74) is 0. The van der Waals surface area contributed by atoms with E-state index in [1.54, 1.807) is 18.1 Å². The molecule has 0 amide bonds. The normalized spacial score (nSPS) is 15.1. The Balaban J connectivity index is 0.00000242. The molecule has 126 valence electrons. The van der Waals surface area contributed by atoms with Gasteiger partial charge in [-0.15, -0.1) is 24.0 Å². The Morgan fingerprint density at radius 3 is 2.68 bits per heavy atom. The topological polar surface area (TPSA) is 70.4 Å². The molecule has 0 saturated heterocycles. The van der Waals surface area contributed by atoms with Gasteiger partial charge in [-0.1, -0.05) is 0 Å². The minimum Gasteiger partial charge on any atom is -0.355 e. The summed E-state index contributed by atoms with van der Waals surface area (Å²) in [7, 11) is 3.67. The molecular formula is C14H28IN7. The molecule has 1 heterocycles. The van der Waals surface area contributed by atoms with E-state index < -0.39 is 0 Å². The van der Waals surface area contributed by atoms with E-state index >= 15 is 0 Å². The van der Waals surface area contributed by atoms with Crippen LogP contribution in [-0.4, -0.2) is 57.8 Å². The van der Waals surface area contributed by atoms with Gasteiger partial charge in [0.15, 0.2) is 5.96 Å². The van der Waals surface area contributed by atoms with Crippen LogP contribution in [0.1, 0.15) is 32.5 Å². The molecule has 0 aliphatic heterocycles. The van der Waals surface area contributed by atoms with Gasteiger partial charge in [0.25, 0.3) is 0 Å². The van der Waals surface area contributed by atoms with Gasteiger partial charge in [0.05, 0.1) is 6.54 Å². The minimum absolute atomic E-state index is 0.